The Balaban J connectivity index is 2.05. The number of nitrogens with one attached hydrogen (secondary N) is 1. The minimum absolute atomic E-state index is 0.0428. The van der Waals surface area contributed by atoms with Crippen LogP contribution < -0.4 is 4.72 Å². The lowest BCUT2D eigenvalue weighted by atomic mass is 9.98. The second kappa shape index (κ2) is 6.08. The van der Waals surface area contributed by atoms with E-state index in [1.165, 1.54) is 4.31 Å². The maximum absolute atomic E-state index is 12.5. The fraction of sp³-hybridized carbons (Fsp3) is 1.00. The van der Waals surface area contributed by atoms with Gasteiger partial charge >= 0.3 is 0 Å². The van der Waals surface area contributed by atoms with Crippen LogP contribution in [0.3, 0.4) is 0 Å². The Labute approximate surface area is 116 Å². The monoisotopic (exact) mass is 290 g/mol. The molecule has 2 rings (SSSR count). The van der Waals surface area contributed by atoms with Gasteiger partial charge in [-0.1, -0.05) is 20.3 Å². The zero-order valence-corrected chi connectivity index (χ0v) is 12.7. The summed E-state index contributed by atoms with van der Waals surface area (Å²) in [6.45, 7) is 4.73. The fourth-order valence-electron chi connectivity index (χ4n) is 3.26. The molecule has 2 aliphatic rings. The quantitative estimate of drug-likeness (QED) is 0.814. The van der Waals surface area contributed by atoms with Crippen LogP contribution in [0, 0.1) is 11.8 Å². The first-order valence-electron chi connectivity index (χ1n) is 7.35. The molecule has 0 amide bonds. The van der Waals surface area contributed by atoms with E-state index in [1.807, 2.05) is 0 Å². The zero-order valence-electron chi connectivity index (χ0n) is 11.9. The molecule has 0 bridgehead atoms. The van der Waals surface area contributed by atoms with Gasteiger partial charge in [-0.25, -0.2) is 0 Å². The third kappa shape index (κ3) is 3.29. The van der Waals surface area contributed by atoms with Crippen LogP contribution in [0.5, 0.6) is 0 Å². The lowest BCUT2D eigenvalue weighted by molar-refractivity contribution is 0.153. The van der Waals surface area contributed by atoms with Gasteiger partial charge in [-0.15, -0.1) is 0 Å². The van der Waals surface area contributed by atoms with Crippen molar-refractivity contribution in [2.75, 3.05) is 13.2 Å². The maximum atomic E-state index is 12.5. The van der Waals surface area contributed by atoms with Gasteiger partial charge < -0.3 is 5.11 Å². The summed E-state index contributed by atoms with van der Waals surface area (Å²) in [4.78, 5) is 0. The van der Waals surface area contributed by atoms with Crippen molar-refractivity contribution in [2.45, 2.75) is 58.0 Å². The minimum Gasteiger partial charge on any atom is -0.395 e. The van der Waals surface area contributed by atoms with Gasteiger partial charge in [0.15, 0.2) is 0 Å². The molecule has 0 aromatic carbocycles. The third-order valence-electron chi connectivity index (χ3n) is 4.86. The van der Waals surface area contributed by atoms with Crippen molar-refractivity contribution in [3.05, 3.63) is 0 Å². The standard InChI is InChI=1S/C13H26N2O3S/c1-10-6-7-13(11(10)2)14-19(17,18)15-8-4-3-5-12(15)9-16/h10-14,16H,3-9H2,1-2H3. The molecule has 0 aromatic rings. The van der Waals surface area contributed by atoms with E-state index in [1.54, 1.807) is 0 Å². The van der Waals surface area contributed by atoms with Crippen LogP contribution in [0.2, 0.25) is 0 Å². The van der Waals surface area contributed by atoms with E-state index in [2.05, 4.69) is 18.6 Å². The van der Waals surface area contributed by atoms with Crippen LogP contribution >= 0.6 is 0 Å². The number of aliphatic hydroxyl groups is 1. The van der Waals surface area contributed by atoms with Crippen molar-refractivity contribution < 1.29 is 13.5 Å². The highest BCUT2D eigenvalue weighted by atomic mass is 32.2. The molecule has 1 heterocycles. The lowest BCUT2D eigenvalue weighted by Gasteiger charge is -2.34. The Kier molecular flexibility index (Phi) is 4.87. The summed E-state index contributed by atoms with van der Waals surface area (Å²) in [5, 5.41) is 9.35. The summed E-state index contributed by atoms with van der Waals surface area (Å²) in [6.07, 6.45) is 4.63. The highest BCUT2D eigenvalue weighted by Crippen LogP contribution is 2.32. The van der Waals surface area contributed by atoms with Crippen LogP contribution in [0.4, 0.5) is 0 Å². The average molecular weight is 290 g/mol. The van der Waals surface area contributed by atoms with Gasteiger partial charge in [0.05, 0.1) is 6.61 Å². The van der Waals surface area contributed by atoms with E-state index >= 15 is 0 Å². The number of nitrogens with zero attached hydrogens (tertiary/aromatic N) is 1. The van der Waals surface area contributed by atoms with Crippen LogP contribution in [-0.4, -0.2) is 43.1 Å². The van der Waals surface area contributed by atoms with Crippen molar-refractivity contribution in [2.24, 2.45) is 11.8 Å². The molecule has 19 heavy (non-hydrogen) atoms. The summed E-state index contributed by atoms with van der Waals surface area (Å²) in [7, 11) is -3.46. The maximum Gasteiger partial charge on any atom is 0.280 e. The zero-order chi connectivity index (χ0) is 14.0. The molecule has 6 heteroatoms. The Hall–Kier alpha value is -0.170. The van der Waals surface area contributed by atoms with E-state index in [4.69, 9.17) is 0 Å². The molecule has 1 saturated carbocycles. The van der Waals surface area contributed by atoms with Gasteiger partial charge in [0, 0.05) is 18.6 Å². The highest BCUT2D eigenvalue weighted by Gasteiger charge is 2.37. The number of piperidine rings is 1. The number of hydrogen-bond donors (Lipinski definition) is 2. The van der Waals surface area contributed by atoms with Crippen molar-refractivity contribution >= 4 is 10.2 Å². The summed E-state index contributed by atoms with van der Waals surface area (Å²) in [5.74, 6) is 0.954. The molecule has 0 spiro atoms. The lowest BCUT2D eigenvalue weighted by Crippen LogP contribution is -2.53. The van der Waals surface area contributed by atoms with E-state index in [0.29, 0.717) is 18.4 Å². The van der Waals surface area contributed by atoms with Crippen molar-refractivity contribution in [1.82, 2.24) is 9.03 Å². The third-order valence-corrected chi connectivity index (χ3v) is 6.56. The van der Waals surface area contributed by atoms with E-state index < -0.39 is 10.2 Å². The van der Waals surface area contributed by atoms with Crippen molar-refractivity contribution in [1.29, 1.82) is 0 Å². The Morgan fingerprint density at radius 3 is 2.53 bits per heavy atom. The second-order valence-corrected chi connectivity index (χ2v) is 7.74. The average Bonchev–Trinajstić information content (AvgIpc) is 2.70. The molecule has 0 radical (unpaired) electrons. The highest BCUT2D eigenvalue weighted by molar-refractivity contribution is 7.87. The summed E-state index contributed by atoms with van der Waals surface area (Å²) < 4.78 is 29.3. The SMILES string of the molecule is CC1CCC(NS(=O)(=O)N2CCCCC2CO)C1C. The van der Waals surface area contributed by atoms with Gasteiger partial charge in [-0.05, 0) is 37.5 Å². The smallest absolute Gasteiger partial charge is 0.280 e. The van der Waals surface area contributed by atoms with E-state index in [-0.39, 0.29) is 18.7 Å². The Morgan fingerprint density at radius 2 is 1.95 bits per heavy atom. The number of aliphatic hydroxyl groups excluding tert-OH is 1. The van der Waals surface area contributed by atoms with Crippen LogP contribution in [0.25, 0.3) is 0 Å². The predicted molar refractivity (Wildman–Crippen MR) is 74.8 cm³/mol. The normalized spacial score (nSPS) is 37.6. The molecule has 5 nitrogen and oxygen atoms in total. The summed E-state index contributed by atoms with van der Waals surface area (Å²) in [5.41, 5.74) is 0. The van der Waals surface area contributed by atoms with Gasteiger partial charge in [0.1, 0.15) is 0 Å². The van der Waals surface area contributed by atoms with Crippen molar-refractivity contribution in [3.63, 3.8) is 0 Å². The molecule has 4 unspecified atom stereocenters. The van der Waals surface area contributed by atoms with Gasteiger partial charge in [-0.3, -0.25) is 0 Å². The molecule has 4 atom stereocenters. The minimum atomic E-state index is -3.46. The Morgan fingerprint density at radius 1 is 1.21 bits per heavy atom. The molecular weight excluding hydrogens is 264 g/mol. The molecule has 112 valence electrons. The van der Waals surface area contributed by atoms with Crippen LogP contribution in [0.1, 0.15) is 46.0 Å². The molecule has 1 saturated heterocycles. The fourth-order valence-corrected chi connectivity index (χ4v) is 5.05. The predicted octanol–water partition coefficient (Wildman–Crippen LogP) is 1.10. The van der Waals surface area contributed by atoms with Gasteiger partial charge in [0.25, 0.3) is 10.2 Å². The number of hydrogen-bond acceptors (Lipinski definition) is 3. The molecule has 0 aromatic heterocycles. The molecule has 1 aliphatic carbocycles. The Bertz CT molecular complexity index is 399. The van der Waals surface area contributed by atoms with Gasteiger partial charge in [0.2, 0.25) is 0 Å². The first kappa shape index (κ1) is 15.2. The first-order valence-corrected chi connectivity index (χ1v) is 8.79. The van der Waals surface area contributed by atoms with Crippen LogP contribution in [-0.2, 0) is 10.2 Å². The summed E-state index contributed by atoms with van der Waals surface area (Å²) in [6, 6.07) is -0.207. The molecular formula is C13H26N2O3S. The summed E-state index contributed by atoms with van der Waals surface area (Å²) >= 11 is 0. The molecule has 2 N–H and O–H groups in total. The van der Waals surface area contributed by atoms with Crippen molar-refractivity contribution in [3.8, 4) is 0 Å². The first-order chi connectivity index (χ1) is 8.95. The largest absolute Gasteiger partial charge is 0.395 e. The molecule has 1 aliphatic heterocycles. The van der Waals surface area contributed by atoms with Crippen LogP contribution in [0.15, 0.2) is 0 Å². The second-order valence-electron chi connectivity index (χ2n) is 6.09. The number of rotatable bonds is 4. The van der Waals surface area contributed by atoms with E-state index in [0.717, 1.165) is 32.1 Å². The molecule has 2 fully saturated rings. The van der Waals surface area contributed by atoms with Gasteiger partial charge in [-0.2, -0.15) is 17.4 Å². The van der Waals surface area contributed by atoms with E-state index in [9.17, 15) is 13.5 Å². The topological polar surface area (TPSA) is 69.6 Å².